The van der Waals surface area contributed by atoms with E-state index in [1.165, 1.54) is 12.8 Å². The summed E-state index contributed by atoms with van der Waals surface area (Å²) in [5.74, 6) is 0.179. The van der Waals surface area contributed by atoms with E-state index in [0.29, 0.717) is 6.04 Å². The summed E-state index contributed by atoms with van der Waals surface area (Å²) in [7, 11) is 0. The molecule has 1 fully saturated rings. The van der Waals surface area contributed by atoms with Crippen LogP contribution in [0.3, 0.4) is 0 Å². The molecule has 1 aliphatic carbocycles. The lowest BCUT2D eigenvalue weighted by Gasteiger charge is -2.28. The van der Waals surface area contributed by atoms with Crippen molar-refractivity contribution in [2.24, 2.45) is 0 Å². The number of hydrogen-bond acceptors (Lipinski definition) is 2. The number of rotatable bonds is 6. The molecule has 0 aromatic heterocycles. The van der Waals surface area contributed by atoms with E-state index in [2.05, 4.69) is 24.1 Å². The molecule has 1 aliphatic rings. The average molecular weight is 274 g/mol. The Balaban J connectivity index is 2.17. The van der Waals surface area contributed by atoms with Crippen LogP contribution in [0, 0.1) is 0 Å². The molecule has 20 heavy (non-hydrogen) atoms. The maximum atomic E-state index is 12.8. The third-order valence-electron chi connectivity index (χ3n) is 4.09. The third kappa shape index (κ3) is 3.33. The van der Waals surface area contributed by atoms with Crippen LogP contribution in [0.1, 0.15) is 56.3 Å². The minimum absolute atomic E-state index is 0.179. The van der Waals surface area contributed by atoms with E-state index in [-0.39, 0.29) is 5.91 Å². The van der Waals surface area contributed by atoms with E-state index < -0.39 is 0 Å². The van der Waals surface area contributed by atoms with Crippen molar-refractivity contribution >= 4 is 11.6 Å². The minimum Gasteiger partial charge on any atom is -0.384 e. The van der Waals surface area contributed by atoms with Crippen molar-refractivity contribution in [3.05, 3.63) is 29.8 Å². The van der Waals surface area contributed by atoms with Crippen LogP contribution in [0.25, 0.3) is 0 Å². The summed E-state index contributed by atoms with van der Waals surface area (Å²) in [5, 5.41) is 3.37. The van der Waals surface area contributed by atoms with E-state index in [1.54, 1.807) is 0 Å². The molecule has 0 unspecified atom stereocenters. The van der Waals surface area contributed by atoms with Gasteiger partial charge in [0.2, 0.25) is 0 Å². The van der Waals surface area contributed by atoms with Crippen LogP contribution >= 0.6 is 0 Å². The molecule has 0 spiro atoms. The van der Waals surface area contributed by atoms with Crippen molar-refractivity contribution in [2.75, 3.05) is 18.4 Å². The van der Waals surface area contributed by atoms with Crippen LogP contribution < -0.4 is 5.32 Å². The third-order valence-corrected chi connectivity index (χ3v) is 4.09. The van der Waals surface area contributed by atoms with Crippen molar-refractivity contribution in [3.8, 4) is 0 Å². The van der Waals surface area contributed by atoms with Gasteiger partial charge in [-0.1, -0.05) is 31.9 Å². The molecular weight excluding hydrogens is 248 g/mol. The quantitative estimate of drug-likeness (QED) is 0.853. The van der Waals surface area contributed by atoms with Gasteiger partial charge in [-0.3, -0.25) is 4.79 Å². The van der Waals surface area contributed by atoms with Gasteiger partial charge >= 0.3 is 0 Å². The number of hydrogen-bond donors (Lipinski definition) is 1. The normalized spacial score (nSPS) is 15.3. The Morgan fingerprint density at radius 3 is 2.60 bits per heavy atom. The average Bonchev–Trinajstić information content (AvgIpc) is 3.00. The summed E-state index contributed by atoms with van der Waals surface area (Å²) in [5.41, 5.74) is 1.78. The molecule has 1 aromatic carbocycles. The zero-order valence-electron chi connectivity index (χ0n) is 12.7. The van der Waals surface area contributed by atoms with Gasteiger partial charge < -0.3 is 10.2 Å². The largest absolute Gasteiger partial charge is 0.384 e. The van der Waals surface area contributed by atoms with Crippen LogP contribution in [0.5, 0.6) is 0 Å². The van der Waals surface area contributed by atoms with Crippen molar-refractivity contribution in [1.29, 1.82) is 0 Å². The molecule has 0 aliphatic heterocycles. The lowest BCUT2D eigenvalue weighted by molar-refractivity contribution is 0.0694. The van der Waals surface area contributed by atoms with Gasteiger partial charge in [0.15, 0.2) is 0 Å². The predicted octanol–water partition coefficient (Wildman–Crippen LogP) is 3.91. The Morgan fingerprint density at radius 2 is 1.95 bits per heavy atom. The van der Waals surface area contributed by atoms with Crippen molar-refractivity contribution in [2.45, 2.75) is 52.0 Å². The summed E-state index contributed by atoms with van der Waals surface area (Å²) < 4.78 is 0. The van der Waals surface area contributed by atoms with E-state index >= 15 is 0 Å². The number of nitrogens with one attached hydrogen (secondary N) is 1. The SMILES string of the molecule is CCCNc1ccccc1C(=O)N(CC)C1CCCC1. The van der Waals surface area contributed by atoms with Gasteiger partial charge in [0.1, 0.15) is 0 Å². The van der Waals surface area contributed by atoms with Crippen LogP contribution in [-0.2, 0) is 0 Å². The first-order chi connectivity index (χ1) is 9.77. The molecule has 0 saturated heterocycles. The maximum Gasteiger partial charge on any atom is 0.256 e. The number of benzene rings is 1. The van der Waals surface area contributed by atoms with Crippen LogP contribution in [0.15, 0.2) is 24.3 Å². The van der Waals surface area contributed by atoms with Crippen LogP contribution in [0.4, 0.5) is 5.69 Å². The maximum absolute atomic E-state index is 12.8. The highest BCUT2D eigenvalue weighted by molar-refractivity contribution is 5.99. The van der Waals surface area contributed by atoms with Gasteiger partial charge in [0, 0.05) is 24.8 Å². The van der Waals surface area contributed by atoms with Crippen molar-refractivity contribution in [3.63, 3.8) is 0 Å². The summed E-state index contributed by atoms with van der Waals surface area (Å²) in [6.07, 6.45) is 5.88. The molecule has 3 nitrogen and oxygen atoms in total. The second-order valence-electron chi connectivity index (χ2n) is 5.50. The van der Waals surface area contributed by atoms with Crippen molar-refractivity contribution < 1.29 is 4.79 Å². The summed E-state index contributed by atoms with van der Waals surface area (Å²) >= 11 is 0. The second-order valence-corrected chi connectivity index (χ2v) is 5.50. The smallest absolute Gasteiger partial charge is 0.256 e. The number of amides is 1. The van der Waals surface area contributed by atoms with Crippen LogP contribution in [0.2, 0.25) is 0 Å². The van der Waals surface area contributed by atoms with Gasteiger partial charge in [0.25, 0.3) is 5.91 Å². The number of nitrogens with zero attached hydrogens (tertiary/aromatic N) is 1. The fourth-order valence-corrected chi connectivity index (χ4v) is 3.02. The zero-order valence-corrected chi connectivity index (χ0v) is 12.7. The molecule has 1 N–H and O–H groups in total. The predicted molar refractivity (Wildman–Crippen MR) is 84.2 cm³/mol. The minimum atomic E-state index is 0.179. The molecule has 1 aromatic rings. The molecule has 0 atom stereocenters. The first-order valence-corrected chi connectivity index (χ1v) is 7.91. The molecule has 1 amide bonds. The number of carbonyl (C=O) groups is 1. The molecular formula is C17H26N2O. The first kappa shape index (κ1) is 14.9. The molecule has 3 heteroatoms. The zero-order chi connectivity index (χ0) is 14.4. The molecule has 0 radical (unpaired) electrons. The summed E-state index contributed by atoms with van der Waals surface area (Å²) in [6, 6.07) is 8.32. The fourth-order valence-electron chi connectivity index (χ4n) is 3.02. The highest BCUT2D eigenvalue weighted by Gasteiger charge is 2.27. The van der Waals surface area contributed by atoms with E-state index in [0.717, 1.165) is 43.6 Å². The molecule has 0 heterocycles. The van der Waals surface area contributed by atoms with Gasteiger partial charge in [-0.2, -0.15) is 0 Å². The Morgan fingerprint density at radius 1 is 1.25 bits per heavy atom. The van der Waals surface area contributed by atoms with Crippen molar-refractivity contribution in [1.82, 2.24) is 4.90 Å². The van der Waals surface area contributed by atoms with E-state index in [9.17, 15) is 4.79 Å². The monoisotopic (exact) mass is 274 g/mol. The van der Waals surface area contributed by atoms with E-state index in [4.69, 9.17) is 0 Å². The molecule has 1 saturated carbocycles. The number of anilines is 1. The van der Waals surface area contributed by atoms with E-state index in [1.807, 2.05) is 24.3 Å². The van der Waals surface area contributed by atoms with Gasteiger partial charge in [-0.25, -0.2) is 0 Å². The lowest BCUT2D eigenvalue weighted by atomic mass is 10.1. The lowest BCUT2D eigenvalue weighted by Crippen LogP contribution is -2.38. The first-order valence-electron chi connectivity index (χ1n) is 7.91. The molecule has 110 valence electrons. The Labute approximate surface area is 122 Å². The molecule has 0 bridgehead atoms. The highest BCUT2D eigenvalue weighted by atomic mass is 16.2. The topological polar surface area (TPSA) is 32.3 Å². The van der Waals surface area contributed by atoms with Gasteiger partial charge in [-0.15, -0.1) is 0 Å². The molecule has 2 rings (SSSR count). The highest BCUT2D eigenvalue weighted by Crippen LogP contribution is 2.26. The fraction of sp³-hybridized carbons (Fsp3) is 0.588. The van der Waals surface area contributed by atoms with Crippen LogP contribution in [-0.4, -0.2) is 29.9 Å². The van der Waals surface area contributed by atoms with Gasteiger partial charge in [-0.05, 0) is 38.3 Å². The Hall–Kier alpha value is -1.51. The number of carbonyl (C=O) groups excluding carboxylic acids is 1. The Kier molecular flexibility index (Phi) is 5.45. The number of para-hydroxylation sites is 1. The summed E-state index contributed by atoms with van der Waals surface area (Å²) in [6.45, 7) is 5.91. The second kappa shape index (κ2) is 7.32. The summed E-state index contributed by atoms with van der Waals surface area (Å²) in [4.78, 5) is 14.9. The standard InChI is InChI=1S/C17H26N2O/c1-3-13-18-16-12-8-7-11-15(16)17(20)19(4-2)14-9-5-6-10-14/h7-8,11-12,14,18H,3-6,9-10,13H2,1-2H3. The Bertz CT molecular complexity index is 438. The van der Waals surface area contributed by atoms with Gasteiger partial charge in [0.05, 0.1) is 5.56 Å².